The Bertz CT molecular complexity index is 516. The Hall–Kier alpha value is -1.88. The summed E-state index contributed by atoms with van der Waals surface area (Å²) >= 11 is 0. The number of methoxy groups -OCH3 is 1. The minimum Gasteiger partial charge on any atom is -0.385 e. The second-order valence-corrected chi connectivity index (χ2v) is 5.38. The predicted molar refractivity (Wildman–Crippen MR) is 81.1 cm³/mol. The van der Waals surface area contributed by atoms with Crippen LogP contribution in [0.4, 0.5) is 5.69 Å². The number of hydrogen-bond donors (Lipinski definition) is 1. The van der Waals surface area contributed by atoms with Crippen molar-refractivity contribution in [1.29, 1.82) is 0 Å². The van der Waals surface area contributed by atoms with Gasteiger partial charge in [-0.05, 0) is 31.0 Å². The largest absolute Gasteiger partial charge is 0.385 e. The first-order valence-electron chi connectivity index (χ1n) is 7.25. The number of carbonyl (C=O) groups excluding carboxylic acids is 2. The Morgan fingerprint density at radius 1 is 1.48 bits per heavy atom. The first-order chi connectivity index (χ1) is 10.1. The van der Waals surface area contributed by atoms with Crippen molar-refractivity contribution in [3.05, 3.63) is 29.8 Å². The molecule has 0 radical (unpaired) electrons. The number of aryl methyl sites for hydroxylation is 1. The second-order valence-electron chi connectivity index (χ2n) is 5.38. The zero-order chi connectivity index (χ0) is 15.2. The first kappa shape index (κ1) is 15.5. The smallest absolute Gasteiger partial charge is 0.227 e. The molecule has 1 aromatic rings. The SMILES string of the molecule is COCCCNC(=O)[C@H]1CC(=O)N(c2cccc(C)c2)C1. The molecule has 1 atom stereocenters. The third-order valence-corrected chi connectivity index (χ3v) is 3.63. The van der Waals surface area contributed by atoms with E-state index < -0.39 is 0 Å². The van der Waals surface area contributed by atoms with Crippen molar-refractivity contribution in [3.8, 4) is 0 Å². The van der Waals surface area contributed by atoms with E-state index >= 15 is 0 Å². The fraction of sp³-hybridized carbons (Fsp3) is 0.500. The monoisotopic (exact) mass is 290 g/mol. The van der Waals surface area contributed by atoms with Crippen LogP contribution in [-0.2, 0) is 14.3 Å². The fourth-order valence-corrected chi connectivity index (χ4v) is 2.50. The van der Waals surface area contributed by atoms with Crippen molar-refractivity contribution in [2.75, 3.05) is 31.7 Å². The fourth-order valence-electron chi connectivity index (χ4n) is 2.50. The Morgan fingerprint density at radius 3 is 3.00 bits per heavy atom. The van der Waals surface area contributed by atoms with Crippen molar-refractivity contribution < 1.29 is 14.3 Å². The summed E-state index contributed by atoms with van der Waals surface area (Å²) in [5.41, 5.74) is 1.97. The van der Waals surface area contributed by atoms with E-state index in [1.165, 1.54) is 0 Å². The van der Waals surface area contributed by atoms with E-state index in [1.807, 2.05) is 31.2 Å². The number of nitrogens with zero attached hydrogens (tertiary/aromatic N) is 1. The Balaban J connectivity index is 1.91. The highest BCUT2D eigenvalue weighted by Gasteiger charge is 2.34. The summed E-state index contributed by atoms with van der Waals surface area (Å²) < 4.78 is 4.94. The minimum absolute atomic E-state index is 0.0117. The van der Waals surface area contributed by atoms with E-state index in [-0.39, 0.29) is 24.2 Å². The van der Waals surface area contributed by atoms with Gasteiger partial charge in [0.15, 0.2) is 0 Å². The van der Waals surface area contributed by atoms with Gasteiger partial charge in [-0.3, -0.25) is 9.59 Å². The minimum atomic E-state index is -0.263. The number of anilines is 1. The van der Waals surface area contributed by atoms with Gasteiger partial charge >= 0.3 is 0 Å². The van der Waals surface area contributed by atoms with E-state index in [9.17, 15) is 9.59 Å². The van der Waals surface area contributed by atoms with Crippen molar-refractivity contribution in [1.82, 2.24) is 5.32 Å². The zero-order valence-corrected chi connectivity index (χ0v) is 12.6. The van der Waals surface area contributed by atoms with Crippen LogP contribution >= 0.6 is 0 Å². The van der Waals surface area contributed by atoms with Crippen molar-refractivity contribution in [2.45, 2.75) is 19.8 Å². The van der Waals surface area contributed by atoms with E-state index in [1.54, 1.807) is 12.0 Å². The number of benzene rings is 1. The topological polar surface area (TPSA) is 58.6 Å². The second kappa shape index (κ2) is 7.22. The molecule has 0 unspecified atom stereocenters. The van der Waals surface area contributed by atoms with Crippen molar-refractivity contribution in [3.63, 3.8) is 0 Å². The third-order valence-electron chi connectivity index (χ3n) is 3.63. The molecule has 2 amide bonds. The normalized spacial score (nSPS) is 18.1. The summed E-state index contributed by atoms with van der Waals surface area (Å²) in [4.78, 5) is 25.9. The lowest BCUT2D eigenvalue weighted by atomic mass is 10.1. The molecular weight excluding hydrogens is 268 g/mol. The van der Waals surface area contributed by atoms with Gasteiger partial charge in [0.05, 0.1) is 5.92 Å². The Labute approximate surface area is 125 Å². The van der Waals surface area contributed by atoms with Gasteiger partial charge in [-0.25, -0.2) is 0 Å². The van der Waals surface area contributed by atoms with Crippen LogP contribution in [0.25, 0.3) is 0 Å². The Morgan fingerprint density at radius 2 is 2.29 bits per heavy atom. The van der Waals surface area contributed by atoms with Crippen LogP contribution in [0, 0.1) is 12.8 Å². The molecule has 1 heterocycles. The number of nitrogens with one attached hydrogen (secondary N) is 1. The van der Waals surface area contributed by atoms with Crippen molar-refractivity contribution in [2.24, 2.45) is 5.92 Å². The molecule has 114 valence electrons. The highest BCUT2D eigenvalue weighted by molar-refractivity contribution is 6.00. The van der Waals surface area contributed by atoms with Gasteiger partial charge in [0.25, 0.3) is 0 Å². The average Bonchev–Trinajstić information content (AvgIpc) is 2.85. The van der Waals surface area contributed by atoms with Crippen LogP contribution in [0.15, 0.2) is 24.3 Å². The summed E-state index contributed by atoms with van der Waals surface area (Å²) in [5.74, 6) is -0.298. The molecule has 1 aromatic carbocycles. The average molecular weight is 290 g/mol. The molecular formula is C16H22N2O3. The van der Waals surface area contributed by atoms with Gasteiger partial charge < -0.3 is 15.0 Å². The van der Waals surface area contributed by atoms with E-state index in [2.05, 4.69) is 5.32 Å². The maximum atomic E-state index is 12.1. The molecule has 1 aliphatic rings. The standard InChI is InChI=1S/C16H22N2O3/c1-12-5-3-6-14(9-12)18-11-13(10-15(18)19)16(20)17-7-4-8-21-2/h3,5-6,9,13H,4,7-8,10-11H2,1-2H3,(H,17,20)/t13-/m0/s1. The van der Waals surface area contributed by atoms with Crippen LogP contribution in [0.3, 0.4) is 0 Å². The lowest BCUT2D eigenvalue weighted by molar-refractivity contribution is -0.126. The number of hydrogen-bond acceptors (Lipinski definition) is 3. The molecule has 1 saturated heterocycles. The highest BCUT2D eigenvalue weighted by atomic mass is 16.5. The van der Waals surface area contributed by atoms with Crippen LogP contribution in [0.1, 0.15) is 18.4 Å². The first-order valence-corrected chi connectivity index (χ1v) is 7.25. The van der Waals surface area contributed by atoms with E-state index in [0.29, 0.717) is 19.7 Å². The lowest BCUT2D eigenvalue weighted by Crippen LogP contribution is -2.33. The number of rotatable bonds is 6. The van der Waals surface area contributed by atoms with Crippen LogP contribution in [-0.4, -0.2) is 38.6 Å². The van der Waals surface area contributed by atoms with Gasteiger partial charge in [0.2, 0.25) is 11.8 Å². The molecule has 1 fully saturated rings. The molecule has 5 heteroatoms. The van der Waals surface area contributed by atoms with E-state index in [4.69, 9.17) is 4.74 Å². The predicted octanol–water partition coefficient (Wildman–Crippen LogP) is 1.50. The van der Waals surface area contributed by atoms with Gasteiger partial charge in [-0.2, -0.15) is 0 Å². The van der Waals surface area contributed by atoms with Gasteiger partial charge in [-0.15, -0.1) is 0 Å². The molecule has 0 aliphatic carbocycles. The molecule has 1 N–H and O–H groups in total. The maximum Gasteiger partial charge on any atom is 0.227 e. The quantitative estimate of drug-likeness (QED) is 0.808. The van der Waals surface area contributed by atoms with Gasteiger partial charge in [-0.1, -0.05) is 12.1 Å². The van der Waals surface area contributed by atoms with Gasteiger partial charge in [0.1, 0.15) is 0 Å². The summed E-state index contributed by atoms with van der Waals surface area (Å²) in [7, 11) is 1.64. The van der Waals surface area contributed by atoms with Gasteiger partial charge in [0, 0.05) is 38.9 Å². The summed E-state index contributed by atoms with van der Waals surface area (Å²) in [5, 5.41) is 2.87. The molecule has 21 heavy (non-hydrogen) atoms. The number of carbonyl (C=O) groups is 2. The zero-order valence-electron chi connectivity index (χ0n) is 12.6. The molecule has 0 aromatic heterocycles. The summed E-state index contributed by atoms with van der Waals surface area (Å²) in [6.45, 7) is 3.66. The number of amides is 2. The molecule has 5 nitrogen and oxygen atoms in total. The molecule has 0 bridgehead atoms. The summed E-state index contributed by atoms with van der Waals surface area (Å²) in [6, 6.07) is 7.79. The third kappa shape index (κ3) is 4.04. The summed E-state index contributed by atoms with van der Waals surface area (Å²) in [6.07, 6.45) is 1.06. The Kier molecular flexibility index (Phi) is 5.33. The van der Waals surface area contributed by atoms with Crippen LogP contribution in [0.2, 0.25) is 0 Å². The molecule has 1 aliphatic heterocycles. The molecule has 2 rings (SSSR count). The van der Waals surface area contributed by atoms with Crippen molar-refractivity contribution >= 4 is 17.5 Å². The lowest BCUT2D eigenvalue weighted by Gasteiger charge is -2.17. The van der Waals surface area contributed by atoms with Crippen LogP contribution in [0.5, 0.6) is 0 Å². The molecule has 0 spiro atoms. The number of ether oxygens (including phenoxy) is 1. The maximum absolute atomic E-state index is 12.1. The van der Waals surface area contributed by atoms with Crippen LogP contribution < -0.4 is 10.2 Å². The molecule has 0 saturated carbocycles. The van der Waals surface area contributed by atoms with E-state index in [0.717, 1.165) is 17.7 Å². The highest BCUT2D eigenvalue weighted by Crippen LogP contribution is 2.25.